The number of aromatic nitrogens is 2. The van der Waals surface area contributed by atoms with Crippen molar-refractivity contribution in [1.82, 2.24) is 9.55 Å². The van der Waals surface area contributed by atoms with Crippen molar-refractivity contribution in [2.75, 3.05) is 31.3 Å². The fourth-order valence-corrected chi connectivity index (χ4v) is 3.13. The van der Waals surface area contributed by atoms with Gasteiger partial charge in [0.15, 0.2) is 0 Å². The highest BCUT2D eigenvalue weighted by molar-refractivity contribution is 5.58. The van der Waals surface area contributed by atoms with E-state index in [9.17, 15) is 10.2 Å². The molecule has 3 rings (SSSR count). The number of ether oxygens (including phenoxy) is 2. The Balaban J connectivity index is 1.84. The van der Waals surface area contributed by atoms with E-state index in [0.717, 1.165) is 30.1 Å². The molecule has 27 heavy (non-hydrogen) atoms. The molecule has 7 heteroatoms. The lowest BCUT2D eigenvalue weighted by Crippen LogP contribution is -2.35. The summed E-state index contributed by atoms with van der Waals surface area (Å²) in [5.41, 5.74) is 0.968. The molecule has 0 amide bonds. The van der Waals surface area contributed by atoms with Gasteiger partial charge in [0.05, 0.1) is 31.5 Å². The minimum Gasteiger partial charge on any atom is -0.491 e. The van der Waals surface area contributed by atoms with Gasteiger partial charge in [0.25, 0.3) is 0 Å². The van der Waals surface area contributed by atoms with Crippen LogP contribution in [0.15, 0.2) is 36.7 Å². The Morgan fingerprint density at radius 1 is 1.15 bits per heavy atom. The minimum atomic E-state index is -0.880. The molecule has 0 saturated heterocycles. The maximum atomic E-state index is 10.3. The summed E-state index contributed by atoms with van der Waals surface area (Å²) < 4.78 is 13.5. The van der Waals surface area contributed by atoms with Gasteiger partial charge < -0.3 is 29.2 Å². The van der Waals surface area contributed by atoms with E-state index in [-0.39, 0.29) is 6.61 Å². The van der Waals surface area contributed by atoms with E-state index in [1.165, 1.54) is 0 Å². The van der Waals surface area contributed by atoms with E-state index < -0.39 is 12.2 Å². The summed E-state index contributed by atoms with van der Waals surface area (Å²) in [4.78, 5) is 6.56. The fourth-order valence-electron chi connectivity index (χ4n) is 3.13. The van der Waals surface area contributed by atoms with Crippen LogP contribution in [0.4, 0.5) is 5.69 Å². The smallest absolute Gasteiger partial charge is 0.142 e. The Morgan fingerprint density at radius 3 is 2.78 bits per heavy atom. The fraction of sp³-hybridized carbons (Fsp3) is 0.550. The number of aryl methyl sites for hydroxylation is 1. The van der Waals surface area contributed by atoms with Gasteiger partial charge in [0, 0.05) is 32.6 Å². The number of nitrogens with zero attached hydrogens (tertiary/aromatic N) is 3. The molecule has 2 atom stereocenters. The first-order chi connectivity index (χ1) is 13.1. The quantitative estimate of drug-likeness (QED) is 0.832. The van der Waals surface area contributed by atoms with Crippen LogP contribution in [0.1, 0.15) is 25.1 Å². The second-order valence-electron chi connectivity index (χ2n) is 6.90. The van der Waals surface area contributed by atoms with Crippen LogP contribution in [0.25, 0.3) is 0 Å². The Bertz CT molecular complexity index is 706. The van der Waals surface area contributed by atoms with E-state index in [2.05, 4.69) is 9.88 Å². The number of anilines is 1. The van der Waals surface area contributed by atoms with Crippen LogP contribution in [0.3, 0.4) is 0 Å². The molecule has 2 heterocycles. The summed E-state index contributed by atoms with van der Waals surface area (Å²) >= 11 is 0. The highest BCUT2D eigenvalue weighted by Crippen LogP contribution is 2.30. The number of aliphatic hydroxyl groups excluding tert-OH is 2. The number of fused-ring (bicyclic) bond motifs is 1. The zero-order chi connectivity index (χ0) is 19.1. The largest absolute Gasteiger partial charge is 0.491 e. The SMILES string of the molecule is Cn1ccnc1CN1CC[C@H](O)[C@H](O)COCCCCOc2ccccc21. The zero-order valence-electron chi connectivity index (χ0n) is 15.8. The molecule has 0 bridgehead atoms. The van der Waals surface area contributed by atoms with Crippen LogP contribution in [-0.4, -0.2) is 58.3 Å². The average molecular weight is 375 g/mol. The molecule has 0 radical (unpaired) electrons. The summed E-state index contributed by atoms with van der Waals surface area (Å²) in [6.45, 7) is 2.47. The Labute approximate surface area is 160 Å². The number of hydrogen-bond donors (Lipinski definition) is 2. The van der Waals surface area contributed by atoms with Gasteiger partial charge in [-0.2, -0.15) is 0 Å². The highest BCUT2D eigenvalue weighted by atomic mass is 16.5. The third-order valence-corrected chi connectivity index (χ3v) is 4.83. The Hall–Kier alpha value is -2.09. The summed E-state index contributed by atoms with van der Waals surface area (Å²) in [5.74, 6) is 1.74. The van der Waals surface area contributed by atoms with E-state index in [1.807, 2.05) is 42.1 Å². The van der Waals surface area contributed by atoms with Gasteiger partial charge >= 0.3 is 0 Å². The first-order valence-corrected chi connectivity index (χ1v) is 9.52. The summed E-state index contributed by atoms with van der Waals surface area (Å²) in [6, 6.07) is 7.93. The van der Waals surface area contributed by atoms with Crippen molar-refractivity contribution in [3.05, 3.63) is 42.5 Å². The molecule has 0 unspecified atom stereocenters. The molecule has 0 spiro atoms. The van der Waals surface area contributed by atoms with E-state index in [1.54, 1.807) is 6.20 Å². The number of imidazole rings is 1. The Morgan fingerprint density at radius 2 is 1.96 bits per heavy atom. The Kier molecular flexibility index (Phi) is 7.09. The summed E-state index contributed by atoms with van der Waals surface area (Å²) in [6.07, 6.45) is 4.10. The van der Waals surface area contributed by atoms with Gasteiger partial charge in [0.1, 0.15) is 17.7 Å². The van der Waals surface area contributed by atoms with Gasteiger partial charge in [0.2, 0.25) is 0 Å². The van der Waals surface area contributed by atoms with E-state index in [0.29, 0.717) is 32.7 Å². The van der Waals surface area contributed by atoms with Gasteiger partial charge in [-0.25, -0.2) is 4.98 Å². The zero-order valence-corrected chi connectivity index (χ0v) is 15.8. The molecule has 2 N–H and O–H groups in total. The first-order valence-electron chi connectivity index (χ1n) is 9.52. The molecule has 1 aromatic carbocycles. The highest BCUT2D eigenvalue weighted by Gasteiger charge is 2.21. The lowest BCUT2D eigenvalue weighted by atomic mass is 10.1. The van der Waals surface area contributed by atoms with E-state index in [4.69, 9.17) is 9.47 Å². The van der Waals surface area contributed by atoms with Crippen molar-refractivity contribution in [1.29, 1.82) is 0 Å². The van der Waals surface area contributed by atoms with Gasteiger partial charge in [-0.05, 0) is 31.4 Å². The molecule has 1 aliphatic heterocycles. The monoisotopic (exact) mass is 375 g/mol. The van der Waals surface area contributed by atoms with Crippen LogP contribution >= 0.6 is 0 Å². The third-order valence-electron chi connectivity index (χ3n) is 4.83. The lowest BCUT2D eigenvalue weighted by molar-refractivity contribution is -0.0405. The number of rotatable bonds is 2. The lowest BCUT2D eigenvalue weighted by Gasteiger charge is -2.29. The number of para-hydroxylation sites is 2. The van der Waals surface area contributed by atoms with Crippen molar-refractivity contribution in [2.24, 2.45) is 7.05 Å². The maximum Gasteiger partial charge on any atom is 0.142 e. The number of hydrogen-bond acceptors (Lipinski definition) is 6. The maximum absolute atomic E-state index is 10.3. The molecule has 0 fully saturated rings. The molecule has 148 valence electrons. The van der Waals surface area contributed by atoms with Crippen LogP contribution in [0.5, 0.6) is 5.75 Å². The topological polar surface area (TPSA) is 80.0 Å². The molecular weight excluding hydrogens is 346 g/mol. The van der Waals surface area contributed by atoms with Crippen molar-refractivity contribution >= 4 is 5.69 Å². The van der Waals surface area contributed by atoms with Crippen LogP contribution in [0, 0.1) is 0 Å². The average Bonchev–Trinajstić information content (AvgIpc) is 3.08. The molecule has 0 aliphatic carbocycles. The molecule has 2 aromatic rings. The van der Waals surface area contributed by atoms with Crippen molar-refractivity contribution < 1.29 is 19.7 Å². The predicted octanol–water partition coefficient (Wildman–Crippen LogP) is 1.73. The van der Waals surface area contributed by atoms with Crippen LogP contribution < -0.4 is 9.64 Å². The molecule has 1 aromatic heterocycles. The van der Waals surface area contributed by atoms with Gasteiger partial charge in [-0.3, -0.25) is 0 Å². The number of aliphatic hydroxyl groups is 2. The molecule has 7 nitrogen and oxygen atoms in total. The minimum absolute atomic E-state index is 0.151. The van der Waals surface area contributed by atoms with Crippen molar-refractivity contribution in [3.8, 4) is 5.75 Å². The van der Waals surface area contributed by atoms with Crippen molar-refractivity contribution in [2.45, 2.75) is 38.0 Å². The summed E-state index contributed by atoms with van der Waals surface area (Å²) in [5, 5.41) is 20.5. The first kappa shape index (κ1) is 19.7. The van der Waals surface area contributed by atoms with Gasteiger partial charge in [-0.15, -0.1) is 0 Å². The second-order valence-corrected chi connectivity index (χ2v) is 6.90. The van der Waals surface area contributed by atoms with Crippen molar-refractivity contribution in [3.63, 3.8) is 0 Å². The van der Waals surface area contributed by atoms with Crippen LogP contribution in [-0.2, 0) is 18.3 Å². The second kappa shape index (κ2) is 9.73. The van der Waals surface area contributed by atoms with E-state index >= 15 is 0 Å². The van der Waals surface area contributed by atoms with Crippen LogP contribution in [0.2, 0.25) is 0 Å². The standard InChI is InChI=1S/C20H29N3O4/c1-22-11-9-21-20(22)14-23-10-8-17(24)18(25)15-26-12-4-5-13-27-19-7-3-2-6-16(19)23/h2-3,6-7,9,11,17-18,24-25H,4-5,8,10,12-15H2,1H3/t17-,18+/m0/s1. The summed E-state index contributed by atoms with van der Waals surface area (Å²) in [7, 11) is 1.96. The normalized spacial score (nSPS) is 22.6. The predicted molar refractivity (Wildman–Crippen MR) is 103 cm³/mol. The molecular formula is C20H29N3O4. The molecule has 1 aliphatic rings. The third kappa shape index (κ3) is 5.45. The number of benzene rings is 1. The van der Waals surface area contributed by atoms with Gasteiger partial charge in [-0.1, -0.05) is 12.1 Å². The molecule has 0 saturated carbocycles.